The summed E-state index contributed by atoms with van der Waals surface area (Å²) < 4.78 is 13.0. The minimum atomic E-state index is -1.10. The van der Waals surface area contributed by atoms with E-state index in [-0.39, 0.29) is 5.02 Å². The molecule has 1 rings (SSSR count). The molecule has 0 bridgehead atoms. The van der Waals surface area contributed by atoms with Crippen LogP contribution in [-0.4, -0.2) is 12.5 Å². The minimum absolute atomic E-state index is 0.188. The van der Waals surface area contributed by atoms with Crippen molar-refractivity contribution in [3.8, 4) is 0 Å². The molecule has 0 aromatic heterocycles. The van der Waals surface area contributed by atoms with E-state index in [4.69, 9.17) is 17.3 Å². The molecule has 0 saturated carbocycles. The highest BCUT2D eigenvalue weighted by Crippen LogP contribution is 2.28. The van der Waals surface area contributed by atoms with Gasteiger partial charge in [0.2, 0.25) is 5.91 Å². The Morgan fingerprint density at radius 1 is 1.56 bits per heavy atom. The zero-order valence-electron chi connectivity index (χ0n) is 10.8. The van der Waals surface area contributed by atoms with Crippen molar-refractivity contribution in [1.29, 1.82) is 0 Å². The van der Waals surface area contributed by atoms with Crippen LogP contribution in [0.25, 0.3) is 0 Å². The molecular weight excluding hydrogens is 255 g/mol. The number of nitrogens with one attached hydrogen (secondary N) is 1. The van der Waals surface area contributed by atoms with Crippen LogP contribution in [0.3, 0.4) is 0 Å². The van der Waals surface area contributed by atoms with Crippen LogP contribution in [0, 0.1) is 11.7 Å². The lowest BCUT2D eigenvalue weighted by Gasteiger charge is -2.30. The quantitative estimate of drug-likeness (QED) is 0.865. The van der Waals surface area contributed by atoms with Crippen molar-refractivity contribution >= 4 is 17.5 Å². The van der Waals surface area contributed by atoms with Gasteiger partial charge in [-0.05, 0) is 31.5 Å². The molecule has 1 aromatic carbocycles. The van der Waals surface area contributed by atoms with Gasteiger partial charge in [0.15, 0.2) is 0 Å². The molecule has 0 heterocycles. The minimum Gasteiger partial charge on any atom is -0.368 e. The Labute approximate surface area is 112 Å². The van der Waals surface area contributed by atoms with E-state index in [2.05, 4.69) is 5.32 Å². The number of benzene rings is 1. The van der Waals surface area contributed by atoms with Crippen LogP contribution < -0.4 is 11.1 Å². The summed E-state index contributed by atoms with van der Waals surface area (Å²) in [6.07, 6.45) is 0. The molecule has 1 unspecified atom stereocenters. The van der Waals surface area contributed by atoms with Gasteiger partial charge in [0.05, 0.1) is 0 Å². The Kier molecular flexibility index (Phi) is 4.71. The molecule has 0 aliphatic rings. The molecular formula is C13H18ClFN2O. The van der Waals surface area contributed by atoms with Crippen molar-refractivity contribution in [3.63, 3.8) is 0 Å². The summed E-state index contributed by atoms with van der Waals surface area (Å²) in [5, 5.41) is 3.28. The summed E-state index contributed by atoms with van der Waals surface area (Å²) in [4.78, 5) is 11.7. The molecule has 0 aliphatic carbocycles. The Hall–Kier alpha value is -1.13. The summed E-state index contributed by atoms with van der Waals surface area (Å²) in [7, 11) is 0. The summed E-state index contributed by atoms with van der Waals surface area (Å²) in [6, 6.07) is 3.92. The van der Waals surface area contributed by atoms with Crippen molar-refractivity contribution in [2.45, 2.75) is 26.3 Å². The first kappa shape index (κ1) is 14.9. The number of hydrogen-bond donors (Lipinski definition) is 2. The first-order valence-corrected chi connectivity index (χ1v) is 6.15. The van der Waals surface area contributed by atoms with Crippen LogP contribution in [0.1, 0.15) is 26.3 Å². The van der Waals surface area contributed by atoms with Crippen molar-refractivity contribution in [3.05, 3.63) is 34.6 Å². The lowest BCUT2D eigenvalue weighted by molar-refractivity contribution is -0.124. The third kappa shape index (κ3) is 3.21. The molecule has 0 saturated heterocycles. The Balaban J connectivity index is 3.14. The second-order valence-electron chi connectivity index (χ2n) is 4.89. The number of primary amides is 1. The van der Waals surface area contributed by atoms with E-state index in [9.17, 15) is 9.18 Å². The van der Waals surface area contributed by atoms with E-state index in [1.165, 1.54) is 18.2 Å². The van der Waals surface area contributed by atoms with Gasteiger partial charge in [-0.25, -0.2) is 4.39 Å². The summed E-state index contributed by atoms with van der Waals surface area (Å²) in [5.74, 6) is -0.640. The molecule has 100 valence electrons. The molecule has 18 heavy (non-hydrogen) atoms. The summed E-state index contributed by atoms with van der Waals surface area (Å²) >= 11 is 5.99. The fraction of sp³-hybridized carbons (Fsp3) is 0.462. The van der Waals surface area contributed by atoms with E-state index in [1.807, 2.05) is 13.8 Å². The van der Waals surface area contributed by atoms with Gasteiger partial charge in [0.1, 0.15) is 11.4 Å². The van der Waals surface area contributed by atoms with Gasteiger partial charge >= 0.3 is 0 Å². The molecule has 1 atom stereocenters. The maximum atomic E-state index is 13.0. The number of carbonyl (C=O) groups excluding carboxylic acids is 1. The molecule has 1 amide bonds. The van der Waals surface area contributed by atoms with Gasteiger partial charge in [-0.1, -0.05) is 31.5 Å². The molecule has 3 nitrogen and oxygen atoms in total. The highest BCUT2D eigenvalue weighted by Gasteiger charge is 2.34. The van der Waals surface area contributed by atoms with E-state index < -0.39 is 17.3 Å². The molecule has 0 spiro atoms. The zero-order chi connectivity index (χ0) is 13.9. The topological polar surface area (TPSA) is 55.1 Å². The van der Waals surface area contributed by atoms with E-state index in [0.29, 0.717) is 18.0 Å². The normalized spacial score (nSPS) is 14.6. The van der Waals surface area contributed by atoms with Crippen LogP contribution in [0.15, 0.2) is 18.2 Å². The van der Waals surface area contributed by atoms with Crippen LogP contribution >= 0.6 is 11.6 Å². The van der Waals surface area contributed by atoms with Crippen LogP contribution in [0.4, 0.5) is 4.39 Å². The Bertz CT molecular complexity index is 451. The number of nitrogens with two attached hydrogens (primary N) is 1. The van der Waals surface area contributed by atoms with Gasteiger partial charge in [-0.2, -0.15) is 0 Å². The smallest absolute Gasteiger partial charge is 0.242 e. The van der Waals surface area contributed by atoms with Crippen molar-refractivity contribution in [2.24, 2.45) is 11.7 Å². The van der Waals surface area contributed by atoms with Gasteiger partial charge in [-0.15, -0.1) is 0 Å². The highest BCUT2D eigenvalue weighted by atomic mass is 35.5. The maximum Gasteiger partial charge on any atom is 0.242 e. The van der Waals surface area contributed by atoms with Crippen LogP contribution in [-0.2, 0) is 10.3 Å². The second kappa shape index (κ2) is 5.67. The van der Waals surface area contributed by atoms with Gasteiger partial charge in [0.25, 0.3) is 0 Å². The average molecular weight is 273 g/mol. The van der Waals surface area contributed by atoms with Crippen LogP contribution in [0.5, 0.6) is 0 Å². The lowest BCUT2D eigenvalue weighted by atomic mass is 9.90. The first-order chi connectivity index (χ1) is 8.27. The van der Waals surface area contributed by atoms with Crippen molar-refractivity contribution < 1.29 is 9.18 Å². The SMILES string of the molecule is CC(C)CNC(C)(C(N)=O)c1ccc(F)cc1Cl. The van der Waals surface area contributed by atoms with E-state index >= 15 is 0 Å². The molecule has 1 aromatic rings. The molecule has 0 fully saturated rings. The Morgan fingerprint density at radius 2 is 2.17 bits per heavy atom. The molecule has 0 aliphatic heterocycles. The van der Waals surface area contributed by atoms with Crippen LogP contribution in [0.2, 0.25) is 5.02 Å². The first-order valence-electron chi connectivity index (χ1n) is 5.78. The predicted molar refractivity (Wildman–Crippen MR) is 70.8 cm³/mol. The molecule has 0 radical (unpaired) electrons. The summed E-state index contributed by atoms with van der Waals surface area (Å²) in [6.45, 7) is 6.28. The lowest BCUT2D eigenvalue weighted by Crippen LogP contribution is -2.51. The largest absolute Gasteiger partial charge is 0.368 e. The zero-order valence-corrected chi connectivity index (χ0v) is 11.5. The predicted octanol–water partition coefficient (Wildman–Crippen LogP) is 2.43. The summed E-state index contributed by atoms with van der Waals surface area (Å²) in [5.41, 5.74) is 4.83. The third-order valence-corrected chi connectivity index (χ3v) is 3.14. The van der Waals surface area contributed by atoms with E-state index in [1.54, 1.807) is 6.92 Å². The number of hydrogen-bond acceptors (Lipinski definition) is 2. The van der Waals surface area contributed by atoms with Gasteiger partial charge in [-0.3, -0.25) is 10.1 Å². The van der Waals surface area contributed by atoms with Crippen molar-refractivity contribution in [1.82, 2.24) is 5.32 Å². The molecule has 3 N–H and O–H groups in total. The molecule has 5 heteroatoms. The number of rotatable bonds is 5. The van der Waals surface area contributed by atoms with E-state index in [0.717, 1.165) is 0 Å². The highest BCUT2D eigenvalue weighted by molar-refractivity contribution is 6.31. The second-order valence-corrected chi connectivity index (χ2v) is 5.30. The number of amides is 1. The fourth-order valence-electron chi connectivity index (χ4n) is 1.62. The van der Waals surface area contributed by atoms with Gasteiger partial charge < -0.3 is 5.73 Å². The maximum absolute atomic E-state index is 13.0. The number of halogens is 2. The monoisotopic (exact) mass is 272 g/mol. The standard InChI is InChI=1S/C13H18ClFN2O/c1-8(2)7-17-13(3,12(16)18)10-5-4-9(15)6-11(10)14/h4-6,8,17H,7H2,1-3H3,(H2,16,18). The number of carbonyl (C=O) groups is 1. The van der Waals surface area contributed by atoms with Crippen molar-refractivity contribution in [2.75, 3.05) is 6.54 Å². The Morgan fingerprint density at radius 3 is 2.61 bits per heavy atom. The fourth-order valence-corrected chi connectivity index (χ4v) is 1.97. The van der Waals surface area contributed by atoms with Gasteiger partial charge in [0, 0.05) is 10.6 Å². The average Bonchev–Trinajstić information content (AvgIpc) is 2.25. The third-order valence-electron chi connectivity index (χ3n) is 2.83.